The SMILES string of the molecule is O=C(Nc1nc2c(s1)C[NH+](Cc1ccccc1)CC2)c1ccc(S(=O)(=O)C(F)F)cc1. The van der Waals surface area contributed by atoms with Gasteiger partial charge in [-0.1, -0.05) is 41.7 Å². The van der Waals surface area contributed by atoms with Crippen molar-refractivity contribution >= 4 is 32.2 Å². The molecule has 2 heterocycles. The van der Waals surface area contributed by atoms with E-state index in [1.807, 2.05) is 18.2 Å². The van der Waals surface area contributed by atoms with Crippen LogP contribution in [-0.2, 0) is 29.3 Å². The van der Waals surface area contributed by atoms with Crippen molar-refractivity contribution in [3.63, 3.8) is 0 Å². The molecule has 6 nitrogen and oxygen atoms in total. The van der Waals surface area contributed by atoms with Gasteiger partial charge in [0.05, 0.1) is 22.0 Å². The summed E-state index contributed by atoms with van der Waals surface area (Å²) in [4.78, 5) is 19.0. The molecule has 0 fully saturated rings. The molecule has 31 heavy (non-hydrogen) atoms. The van der Waals surface area contributed by atoms with Gasteiger partial charge in [-0.15, -0.1) is 0 Å². The van der Waals surface area contributed by atoms with E-state index >= 15 is 0 Å². The number of hydrogen-bond acceptors (Lipinski definition) is 5. The van der Waals surface area contributed by atoms with Crippen LogP contribution < -0.4 is 10.2 Å². The molecular formula is C21H20F2N3O3S2+. The van der Waals surface area contributed by atoms with E-state index < -0.39 is 26.4 Å². The van der Waals surface area contributed by atoms with E-state index in [1.165, 1.54) is 33.9 Å². The summed E-state index contributed by atoms with van der Waals surface area (Å²) >= 11 is 1.43. The quantitative estimate of drug-likeness (QED) is 0.588. The Labute approximate surface area is 182 Å². The van der Waals surface area contributed by atoms with Crippen LogP contribution in [0.15, 0.2) is 59.5 Å². The number of hydrogen-bond donors (Lipinski definition) is 2. The van der Waals surface area contributed by atoms with Gasteiger partial charge in [-0.05, 0) is 24.3 Å². The molecule has 0 spiro atoms. The Morgan fingerprint density at radius 3 is 2.52 bits per heavy atom. The van der Waals surface area contributed by atoms with Crippen LogP contribution in [-0.4, -0.2) is 31.6 Å². The van der Waals surface area contributed by atoms with Gasteiger partial charge in [-0.2, -0.15) is 8.78 Å². The Morgan fingerprint density at radius 1 is 1.13 bits per heavy atom. The molecule has 0 radical (unpaired) electrons. The van der Waals surface area contributed by atoms with E-state index in [1.54, 1.807) is 0 Å². The first-order chi connectivity index (χ1) is 14.8. The van der Waals surface area contributed by atoms with Gasteiger partial charge in [0.2, 0.25) is 9.84 Å². The smallest absolute Gasteiger partial charge is 0.326 e. The number of carbonyl (C=O) groups excluding carboxylic acids is 1. The third-order valence-electron chi connectivity index (χ3n) is 5.10. The Hall–Kier alpha value is -2.69. The summed E-state index contributed by atoms with van der Waals surface area (Å²) in [5.74, 6) is -3.97. The first-order valence-electron chi connectivity index (χ1n) is 9.62. The highest BCUT2D eigenvalue weighted by molar-refractivity contribution is 7.91. The number of thiazole rings is 1. The number of amides is 1. The second-order valence-corrected chi connectivity index (χ2v) is 10.3. The van der Waals surface area contributed by atoms with Crippen LogP contribution in [0, 0.1) is 0 Å². The van der Waals surface area contributed by atoms with E-state index in [2.05, 4.69) is 22.4 Å². The third-order valence-corrected chi connectivity index (χ3v) is 7.51. The lowest BCUT2D eigenvalue weighted by molar-refractivity contribution is -0.929. The molecule has 1 aromatic heterocycles. The van der Waals surface area contributed by atoms with Gasteiger partial charge in [0.15, 0.2) is 5.13 Å². The normalized spacial score (nSPS) is 16.2. The van der Waals surface area contributed by atoms with E-state index in [0.29, 0.717) is 5.13 Å². The van der Waals surface area contributed by atoms with Gasteiger partial charge in [0, 0.05) is 17.5 Å². The van der Waals surface area contributed by atoms with Crippen molar-refractivity contribution in [2.24, 2.45) is 0 Å². The van der Waals surface area contributed by atoms with Crippen molar-refractivity contribution in [2.75, 3.05) is 11.9 Å². The first kappa shape index (κ1) is 21.5. The molecule has 1 aliphatic rings. The number of aromatic nitrogens is 1. The second kappa shape index (κ2) is 8.81. The molecule has 0 bridgehead atoms. The largest absolute Gasteiger partial charge is 0.341 e. The zero-order valence-electron chi connectivity index (χ0n) is 16.3. The van der Waals surface area contributed by atoms with Crippen molar-refractivity contribution in [2.45, 2.75) is 30.2 Å². The topological polar surface area (TPSA) is 80.6 Å². The molecule has 1 amide bonds. The monoisotopic (exact) mass is 464 g/mol. The number of sulfone groups is 1. The Morgan fingerprint density at radius 2 is 1.84 bits per heavy atom. The highest BCUT2D eigenvalue weighted by atomic mass is 32.2. The molecule has 2 aromatic carbocycles. The molecule has 0 saturated carbocycles. The molecule has 0 aliphatic carbocycles. The molecule has 10 heteroatoms. The van der Waals surface area contributed by atoms with Crippen LogP contribution in [0.1, 0.15) is 26.5 Å². The fourth-order valence-corrected chi connectivity index (χ4v) is 5.28. The average Bonchev–Trinajstić information content (AvgIpc) is 3.16. The average molecular weight is 465 g/mol. The van der Waals surface area contributed by atoms with Crippen LogP contribution >= 0.6 is 11.3 Å². The van der Waals surface area contributed by atoms with Gasteiger partial charge in [-0.25, -0.2) is 13.4 Å². The fraction of sp³-hybridized carbons (Fsp3) is 0.238. The third kappa shape index (κ3) is 4.81. The molecule has 1 atom stereocenters. The lowest BCUT2D eigenvalue weighted by atomic mass is 10.1. The summed E-state index contributed by atoms with van der Waals surface area (Å²) in [6.45, 7) is 2.71. The van der Waals surface area contributed by atoms with Crippen molar-refractivity contribution < 1.29 is 26.9 Å². The summed E-state index contributed by atoms with van der Waals surface area (Å²) in [7, 11) is -4.69. The predicted molar refractivity (Wildman–Crippen MR) is 113 cm³/mol. The number of halogens is 2. The molecule has 3 aromatic rings. The van der Waals surface area contributed by atoms with Crippen LogP contribution in [0.25, 0.3) is 0 Å². The first-order valence-corrected chi connectivity index (χ1v) is 12.0. The summed E-state index contributed by atoms with van der Waals surface area (Å²) in [5, 5.41) is 3.19. The van der Waals surface area contributed by atoms with Gasteiger partial charge in [0.25, 0.3) is 5.91 Å². The Kier molecular flexibility index (Phi) is 6.12. The van der Waals surface area contributed by atoms with Crippen LogP contribution in [0.4, 0.5) is 13.9 Å². The Balaban J connectivity index is 1.41. The highest BCUT2D eigenvalue weighted by Gasteiger charge is 2.27. The number of carbonyl (C=O) groups is 1. The molecule has 0 saturated heterocycles. The number of rotatable bonds is 6. The van der Waals surface area contributed by atoms with E-state index in [9.17, 15) is 22.0 Å². The maximum atomic E-state index is 12.6. The summed E-state index contributed by atoms with van der Waals surface area (Å²) in [6.07, 6.45) is 0.823. The lowest BCUT2D eigenvalue weighted by Crippen LogP contribution is -3.10. The van der Waals surface area contributed by atoms with E-state index in [4.69, 9.17) is 0 Å². The zero-order valence-corrected chi connectivity index (χ0v) is 18.0. The van der Waals surface area contributed by atoms with Crippen molar-refractivity contribution in [1.82, 2.24) is 4.98 Å². The van der Waals surface area contributed by atoms with Crippen molar-refractivity contribution in [3.8, 4) is 0 Å². The lowest BCUT2D eigenvalue weighted by Gasteiger charge is -2.22. The summed E-state index contributed by atoms with van der Waals surface area (Å²) in [6, 6.07) is 14.7. The fourth-order valence-electron chi connectivity index (χ4n) is 3.48. The number of quaternary nitrogens is 1. The molecule has 2 N–H and O–H groups in total. The van der Waals surface area contributed by atoms with E-state index in [0.717, 1.165) is 48.8 Å². The van der Waals surface area contributed by atoms with Crippen LogP contribution in [0.5, 0.6) is 0 Å². The molecule has 1 aliphatic heterocycles. The number of alkyl halides is 2. The van der Waals surface area contributed by atoms with Crippen LogP contribution in [0.2, 0.25) is 0 Å². The van der Waals surface area contributed by atoms with E-state index in [-0.39, 0.29) is 5.56 Å². The van der Waals surface area contributed by atoms with Gasteiger partial charge in [-0.3, -0.25) is 10.1 Å². The number of benzene rings is 2. The molecule has 162 valence electrons. The summed E-state index contributed by atoms with van der Waals surface area (Å²) in [5.41, 5.74) is 2.42. The minimum atomic E-state index is -4.69. The number of nitrogens with one attached hydrogen (secondary N) is 2. The van der Waals surface area contributed by atoms with Gasteiger partial charge >= 0.3 is 5.76 Å². The molecule has 4 rings (SSSR count). The Bertz CT molecular complexity index is 1180. The van der Waals surface area contributed by atoms with Gasteiger partial charge in [0.1, 0.15) is 13.1 Å². The number of anilines is 1. The number of nitrogens with zero attached hydrogens (tertiary/aromatic N) is 1. The standard InChI is InChI=1S/C21H19F2N3O3S2/c22-20(23)31(28,29)16-8-6-15(7-9-16)19(27)25-21-24-17-10-11-26(13-18(17)30-21)12-14-4-2-1-3-5-14/h1-9,20H,10-13H2,(H,24,25,27)/p+1. The maximum absolute atomic E-state index is 12.6. The minimum absolute atomic E-state index is 0.165. The molecule has 1 unspecified atom stereocenters. The van der Waals surface area contributed by atoms with Crippen molar-refractivity contribution in [3.05, 3.63) is 76.3 Å². The predicted octanol–water partition coefficient (Wildman–Crippen LogP) is 2.53. The second-order valence-electron chi connectivity index (χ2n) is 7.26. The summed E-state index contributed by atoms with van der Waals surface area (Å²) < 4.78 is 48.3. The zero-order chi connectivity index (χ0) is 22.0. The van der Waals surface area contributed by atoms with Gasteiger partial charge < -0.3 is 4.90 Å². The van der Waals surface area contributed by atoms with Crippen molar-refractivity contribution in [1.29, 1.82) is 0 Å². The van der Waals surface area contributed by atoms with Crippen LogP contribution in [0.3, 0.4) is 0 Å². The number of fused-ring (bicyclic) bond motifs is 1. The molecular weight excluding hydrogens is 444 g/mol. The highest BCUT2D eigenvalue weighted by Crippen LogP contribution is 2.25. The maximum Gasteiger partial charge on any atom is 0.341 e. The minimum Gasteiger partial charge on any atom is -0.326 e.